The predicted octanol–water partition coefficient (Wildman–Crippen LogP) is -0.696. The smallest absolute Gasteiger partial charge is 0.275 e. The molecule has 0 spiro atoms. The fraction of sp³-hybridized carbons (Fsp3) is 0.500. The van der Waals surface area contributed by atoms with Gasteiger partial charge in [0.1, 0.15) is 12.3 Å². The Morgan fingerprint density at radius 1 is 1.23 bits per heavy atom. The number of likely N-dealkylation sites (N-methyl/N-ethyl adjacent to an activating group) is 2. The number of hydrogen-bond donors (Lipinski definition) is 2. The maximum atomic E-state index is 11.8. The molecule has 6 nitrogen and oxygen atoms in total. The van der Waals surface area contributed by atoms with Gasteiger partial charge in [0.25, 0.3) is 5.91 Å². The second-order valence-electron chi connectivity index (χ2n) is 5.45. The number of benzene rings is 1. The number of nitrogens with one attached hydrogen (secondary N) is 2. The molecule has 1 rings (SSSR count). The van der Waals surface area contributed by atoms with Crippen molar-refractivity contribution in [2.75, 3.05) is 40.8 Å². The van der Waals surface area contributed by atoms with Gasteiger partial charge in [0.2, 0.25) is 5.91 Å². The second kappa shape index (κ2) is 9.04. The summed E-state index contributed by atoms with van der Waals surface area (Å²) in [5.41, 5.74) is 1.14. The number of carbonyl (C=O) groups is 2. The van der Waals surface area contributed by atoms with Crippen molar-refractivity contribution in [2.24, 2.45) is 0 Å². The monoisotopic (exact) mass is 308 g/mol. The Balaban J connectivity index is 2.37. The minimum absolute atomic E-state index is 0.0438. The third-order valence-electron chi connectivity index (χ3n) is 3.14. The zero-order chi connectivity index (χ0) is 16.5. The molecular formula is C16H26N3O3+. The molecule has 0 aliphatic rings. The molecule has 0 bridgehead atoms. The van der Waals surface area contributed by atoms with Crippen LogP contribution in [0.15, 0.2) is 24.3 Å². The third-order valence-corrected chi connectivity index (χ3v) is 3.14. The number of ether oxygens (including phenoxy) is 1. The molecule has 2 amide bonds. The van der Waals surface area contributed by atoms with Gasteiger partial charge in [-0.3, -0.25) is 9.59 Å². The Hall–Kier alpha value is -2.08. The highest BCUT2D eigenvalue weighted by atomic mass is 16.5. The van der Waals surface area contributed by atoms with E-state index >= 15 is 0 Å². The van der Waals surface area contributed by atoms with Gasteiger partial charge < -0.3 is 19.9 Å². The van der Waals surface area contributed by atoms with Crippen LogP contribution in [0.2, 0.25) is 0 Å². The molecule has 0 fully saturated rings. The molecule has 22 heavy (non-hydrogen) atoms. The summed E-state index contributed by atoms with van der Waals surface area (Å²) in [7, 11) is 5.28. The van der Waals surface area contributed by atoms with E-state index < -0.39 is 0 Å². The van der Waals surface area contributed by atoms with Crippen molar-refractivity contribution in [1.29, 1.82) is 0 Å². The maximum Gasteiger partial charge on any atom is 0.275 e. The summed E-state index contributed by atoms with van der Waals surface area (Å²) in [4.78, 5) is 25.7. The largest absolute Gasteiger partial charge is 0.494 e. The van der Waals surface area contributed by atoms with Crippen molar-refractivity contribution < 1.29 is 19.2 Å². The highest BCUT2D eigenvalue weighted by molar-refractivity contribution is 5.84. The molecule has 0 aliphatic heterocycles. The first kappa shape index (κ1) is 18.0. The van der Waals surface area contributed by atoms with Crippen LogP contribution in [0.5, 0.6) is 5.75 Å². The van der Waals surface area contributed by atoms with Crippen LogP contribution in [0.1, 0.15) is 12.5 Å². The summed E-state index contributed by atoms with van der Waals surface area (Å²) >= 11 is 0. The van der Waals surface area contributed by atoms with Gasteiger partial charge in [-0.2, -0.15) is 0 Å². The molecule has 0 aliphatic carbocycles. The van der Waals surface area contributed by atoms with Crippen molar-refractivity contribution in [3.05, 3.63) is 29.8 Å². The van der Waals surface area contributed by atoms with Gasteiger partial charge in [0, 0.05) is 19.7 Å². The SMILES string of the molecule is CCOc1ccc(C[NH+](C)CC(=O)NCC(=O)N(C)C)cc1. The molecule has 1 unspecified atom stereocenters. The van der Waals surface area contributed by atoms with E-state index in [1.165, 1.54) is 4.90 Å². The quantitative estimate of drug-likeness (QED) is 0.668. The predicted molar refractivity (Wildman–Crippen MR) is 84.8 cm³/mol. The normalized spacial score (nSPS) is 11.6. The van der Waals surface area contributed by atoms with Crippen LogP contribution in [-0.4, -0.2) is 57.6 Å². The van der Waals surface area contributed by atoms with Gasteiger partial charge in [-0.25, -0.2) is 0 Å². The summed E-state index contributed by atoms with van der Waals surface area (Å²) in [6.45, 7) is 3.71. The van der Waals surface area contributed by atoms with Gasteiger partial charge in [0.05, 0.1) is 20.2 Å². The van der Waals surface area contributed by atoms with Gasteiger partial charge in [0.15, 0.2) is 6.54 Å². The number of hydrogen-bond acceptors (Lipinski definition) is 3. The lowest BCUT2D eigenvalue weighted by atomic mass is 10.2. The van der Waals surface area contributed by atoms with Crippen molar-refractivity contribution in [2.45, 2.75) is 13.5 Å². The Labute approximate surface area is 132 Å². The average molecular weight is 308 g/mol. The molecule has 2 N–H and O–H groups in total. The van der Waals surface area contributed by atoms with Gasteiger partial charge in [-0.1, -0.05) is 0 Å². The molecule has 0 saturated carbocycles. The van der Waals surface area contributed by atoms with E-state index in [4.69, 9.17) is 4.74 Å². The Bertz CT molecular complexity index is 486. The van der Waals surface area contributed by atoms with Crippen LogP contribution < -0.4 is 15.0 Å². The fourth-order valence-corrected chi connectivity index (χ4v) is 1.95. The van der Waals surface area contributed by atoms with Gasteiger partial charge >= 0.3 is 0 Å². The van der Waals surface area contributed by atoms with E-state index in [1.807, 2.05) is 38.2 Å². The Morgan fingerprint density at radius 3 is 2.41 bits per heavy atom. The summed E-state index contributed by atoms with van der Waals surface area (Å²) in [5.74, 6) is 0.611. The molecule has 0 heterocycles. The summed E-state index contributed by atoms with van der Waals surface area (Å²) in [6, 6.07) is 7.87. The van der Waals surface area contributed by atoms with Crippen LogP contribution >= 0.6 is 0 Å². The minimum Gasteiger partial charge on any atom is -0.494 e. The van der Waals surface area contributed by atoms with E-state index in [0.717, 1.165) is 22.8 Å². The third kappa shape index (κ3) is 6.58. The van der Waals surface area contributed by atoms with Crippen LogP contribution in [0.4, 0.5) is 0 Å². The van der Waals surface area contributed by atoms with Gasteiger partial charge in [-0.05, 0) is 31.2 Å². The Kier molecular flexibility index (Phi) is 7.39. The van der Waals surface area contributed by atoms with Crippen molar-refractivity contribution in [3.63, 3.8) is 0 Å². The molecule has 0 aromatic heterocycles. The molecule has 1 atom stereocenters. The summed E-state index contributed by atoms with van der Waals surface area (Å²) in [5, 5.41) is 2.64. The Morgan fingerprint density at radius 2 is 1.86 bits per heavy atom. The second-order valence-corrected chi connectivity index (χ2v) is 5.45. The standard InChI is InChI=1S/C16H25N3O3/c1-5-22-14-8-6-13(7-9-14)11-19(4)12-15(20)17-10-16(21)18(2)3/h6-9H,5,10-12H2,1-4H3,(H,17,20)/p+1. The van der Waals surface area contributed by atoms with E-state index in [0.29, 0.717) is 13.2 Å². The van der Waals surface area contributed by atoms with Gasteiger partial charge in [-0.15, -0.1) is 0 Å². The number of quaternary nitrogens is 1. The molecule has 6 heteroatoms. The van der Waals surface area contributed by atoms with E-state index in [2.05, 4.69) is 5.32 Å². The van der Waals surface area contributed by atoms with Crippen LogP contribution in [-0.2, 0) is 16.1 Å². The van der Waals surface area contributed by atoms with E-state index in [-0.39, 0.29) is 18.4 Å². The van der Waals surface area contributed by atoms with Crippen LogP contribution in [0, 0.1) is 0 Å². The summed E-state index contributed by atoms with van der Waals surface area (Å²) in [6.07, 6.45) is 0. The topological polar surface area (TPSA) is 63.1 Å². The highest BCUT2D eigenvalue weighted by Crippen LogP contribution is 2.11. The maximum absolute atomic E-state index is 11.8. The van der Waals surface area contributed by atoms with Crippen molar-refractivity contribution in [3.8, 4) is 5.75 Å². The first-order valence-corrected chi connectivity index (χ1v) is 7.42. The first-order valence-electron chi connectivity index (χ1n) is 7.42. The summed E-state index contributed by atoms with van der Waals surface area (Å²) < 4.78 is 5.40. The van der Waals surface area contributed by atoms with Crippen molar-refractivity contribution in [1.82, 2.24) is 10.2 Å². The van der Waals surface area contributed by atoms with E-state index in [1.54, 1.807) is 14.1 Å². The first-order chi connectivity index (χ1) is 10.4. The highest BCUT2D eigenvalue weighted by Gasteiger charge is 2.12. The van der Waals surface area contributed by atoms with E-state index in [9.17, 15) is 9.59 Å². The lowest BCUT2D eigenvalue weighted by molar-refractivity contribution is -0.885. The van der Waals surface area contributed by atoms with Crippen molar-refractivity contribution >= 4 is 11.8 Å². The number of amides is 2. The molecule has 1 aromatic rings. The fourth-order valence-electron chi connectivity index (χ4n) is 1.95. The molecule has 122 valence electrons. The zero-order valence-electron chi connectivity index (χ0n) is 13.8. The van der Waals surface area contributed by atoms with Crippen LogP contribution in [0.3, 0.4) is 0 Å². The molecule has 1 aromatic carbocycles. The minimum atomic E-state index is -0.126. The molecular weight excluding hydrogens is 282 g/mol. The lowest BCUT2D eigenvalue weighted by Crippen LogP contribution is -3.08. The molecule has 0 radical (unpaired) electrons. The average Bonchev–Trinajstić information content (AvgIpc) is 2.46. The number of nitrogens with zero attached hydrogens (tertiary/aromatic N) is 1. The number of rotatable bonds is 8. The van der Waals surface area contributed by atoms with Crippen LogP contribution in [0.25, 0.3) is 0 Å². The zero-order valence-corrected chi connectivity index (χ0v) is 13.8. The number of carbonyl (C=O) groups excluding carboxylic acids is 2. The lowest BCUT2D eigenvalue weighted by Gasteiger charge is -2.15. The molecule has 0 saturated heterocycles.